The molecule has 2 aromatic rings. The van der Waals surface area contributed by atoms with E-state index >= 15 is 0 Å². The highest BCUT2D eigenvalue weighted by molar-refractivity contribution is 5.53. The molecule has 0 spiro atoms. The van der Waals surface area contributed by atoms with Gasteiger partial charge < -0.3 is 4.42 Å². The van der Waals surface area contributed by atoms with Crippen LogP contribution < -0.4 is 0 Å². The average Bonchev–Trinajstić information content (AvgIpc) is 2.77. The lowest BCUT2D eigenvalue weighted by atomic mass is 10.1. The van der Waals surface area contributed by atoms with Gasteiger partial charge in [0.25, 0.3) is 0 Å². The maximum absolute atomic E-state index is 5.75. The van der Waals surface area contributed by atoms with E-state index in [9.17, 15) is 0 Å². The molecule has 0 atom stereocenters. The first kappa shape index (κ1) is 12.9. The van der Waals surface area contributed by atoms with Crippen LogP contribution in [0.2, 0.25) is 0 Å². The van der Waals surface area contributed by atoms with Crippen LogP contribution in [0.5, 0.6) is 0 Å². The van der Waals surface area contributed by atoms with Crippen LogP contribution in [0.1, 0.15) is 44.1 Å². The summed E-state index contributed by atoms with van der Waals surface area (Å²) in [6, 6.07) is 10.1. The fraction of sp³-hybridized carbons (Fsp3) is 0.438. The van der Waals surface area contributed by atoms with Gasteiger partial charge in [0.2, 0.25) is 5.89 Å². The lowest BCUT2D eigenvalue weighted by Gasteiger charge is -1.96. The highest BCUT2D eigenvalue weighted by Crippen LogP contribution is 2.22. The Labute approximate surface area is 109 Å². The second kappa shape index (κ2) is 6.39. The summed E-state index contributed by atoms with van der Waals surface area (Å²) in [5.41, 5.74) is 2.17. The zero-order valence-electron chi connectivity index (χ0n) is 11.3. The second-order valence-corrected chi connectivity index (χ2v) is 4.70. The normalized spacial score (nSPS) is 10.8. The highest BCUT2D eigenvalue weighted by atomic mass is 16.4. The van der Waals surface area contributed by atoms with E-state index < -0.39 is 0 Å². The van der Waals surface area contributed by atoms with Crippen LogP contribution in [0.3, 0.4) is 0 Å². The third-order valence-corrected chi connectivity index (χ3v) is 3.18. The predicted molar refractivity (Wildman–Crippen MR) is 74.5 cm³/mol. The van der Waals surface area contributed by atoms with Gasteiger partial charge in [-0.2, -0.15) is 0 Å². The number of rotatable bonds is 6. The third-order valence-electron chi connectivity index (χ3n) is 3.18. The molecule has 0 aliphatic rings. The van der Waals surface area contributed by atoms with Crippen LogP contribution in [0, 0.1) is 6.92 Å². The number of nitrogens with zero attached hydrogens (tertiary/aromatic N) is 1. The van der Waals surface area contributed by atoms with Crippen LogP contribution >= 0.6 is 0 Å². The van der Waals surface area contributed by atoms with Crippen molar-refractivity contribution in [3.05, 3.63) is 41.8 Å². The molecule has 2 rings (SSSR count). The Morgan fingerprint density at radius 1 is 1.06 bits per heavy atom. The molecule has 1 heterocycles. The Morgan fingerprint density at radius 3 is 2.56 bits per heavy atom. The molecule has 0 saturated heterocycles. The number of aryl methyl sites for hydroxylation is 2. The minimum absolute atomic E-state index is 0.749. The van der Waals surface area contributed by atoms with Gasteiger partial charge in [0.05, 0.1) is 5.69 Å². The van der Waals surface area contributed by atoms with Gasteiger partial charge in [-0.05, 0) is 31.9 Å². The molecule has 0 N–H and O–H groups in total. The molecule has 0 fully saturated rings. The van der Waals surface area contributed by atoms with Gasteiger partial charge in [-0.15, -0.1) is 0 Å². The van der Waals surface area contributed by atoms with E-state index in [2.05, 4.69) is 11.9 Å². The van der Waals surface area contributed by atoms with E-state index in [1.165, 1.54) is 25.7 Å². The van der Waals surface area contributed by atoms with Crippen LogP contribution in [0.25, 0.3) is 11.5 Å². The van der Waals surface area contributed by atoms with E-state index in [1.807, 2.05) is 37.3 Å². The summed E-state index contributed by atoms with van der Waals surface area (Å²) in [5.74, 6) is 1.71. The van der Waals surface area contributed by atoms with Gasteiger partial charge >= 0.3 is 0 Å². The largest absolute Gasteiger partial charge is 0.441 e. The van der Waals surface area contributed by atoms with Gasteiger partial charge in [-0.25, -0.2) is 4.98 Å². The van der Waals surface area contributed by atoms with E-state index in [4.69, 9.17) is 4.42 Å². The maximum Gasteiger partial charge on any atom is 0.226 e. The summed E-state index contributed by atoms with van der Waals surface area (Å²) in [7, 11) is 0. The zero-order chi connectivity index (χ0) is 12.8. The van der Waals surface area contributed by atoms with Crippen molar-refractivity contribution in [2.45, 2.75) is 46.0 Å². The predicted octanol–water partition coefficient (Wildman–Crippen LogP) is 4.77. The van der Waals surface area contributed by atoms with Gasteiger partial charge in [0, 0.05) is 5.56 Å². The number of benzene rings is 1. The van der Waals surface area contributed by atoms with Crippen molar-refractivity contribution >= 4 is 0 Å². The molecule has 0 saturated carbocycles. The van der Waals surface area contributed by atoms with Crippen LogP contribution in [0.4, 0.5) is 0 Å². The molecule has 0 bridgehead atoms. The van der Waals surface area contributed by atoms with Crippen molar-refractivity contribution in [1.82, 2.24) is 4.98 Å². The summed E-state index contributed by atoms with van der Waals surface area (Å²) in [4.78, 5) is 4.61. The van der Waals surface area contributed by atoms with Crippen molar-refractivity contribution < 1.29 is 4.42 Å². The van der Waals surface area contributed by atoms with Crippen molar-refractivity contribution in [3.63, 3.8) is 0 Å². The Bertz CT molecular complexity index is 473. The van der Waals surface area contributed by atoms with Gasteiger partial charge in [-0.3, -0.25) is 0 Å². The summed E-state index contributed by atoms with van der Waals surface area (Å²) in [6.45, 7) is 4.24. The average molecular weight is 243 g/mol. The molecular formula is C16H21NO. The van der Waals surface area contributed by atoms with Crippen molar-refractivity contribution in [1.29, 1.82) is 0 Å². The first-order valence-electron chi connectivity index (χ1n) is 6.83. The monoisotopic (exact) mass is 243 g/mol. The van der Waals surface area contributed by atoms with Crippen molar-refractivity contribution in [2.24, 2.45) is 0 Å². The number of aromatic nitrogens is 1. The highest BCUT2D eigenvalue weighted by Gasteiger charge is 2.10. The van der Waals surface area contributed by atoms with E-state index in [1.54, 1.807) is 0 Å². The Morgan fingerprint density at radius 2 is 1.83 bits per heavy atom. The minimum atomic E-state index is 0.749. The van der Waals surface area contributed by atoms with E-state index in [0.717, 1.165) is 29.3 Å². The molecule has 1 aromatic heterocycles. The van der Waals surface area contributed by atoms with Gasteiger partial charge in [0.1, 0.15) is 5.76 Å². The number of unbranched alkanes of at least 4 members (excludes halogenated alkanes) is 3. The minimum Gasteiger partial charge on any atom is -0.441 e. The van der Waals surface area contributed by atoms with Gasteiger partial charge in [0.15, 0.2) is 0 Å². The maximum atomic E-state index is 5.75. The summed E-state index contributed by atoms with van der Waals surface area (Å²) in [6.07, 6.45) is 6.09. The van der Waals surface area contributed by atoms with Crippen molar-refractivity contribution in [2.75, 3.05) is 0 Å². The lowest BCUT2D eigenvalue weighted by Crippen LogP contribution is -1.88. The van der Waals surface area contributed by atoms with Crippen molar-refractivity contribution in [3.8, 4) is 11.5 Å². The quantitative estimate of drug-likeness (QED) is 0.683. The van der Waals surface area contributed by atoms with Crippen LogP contribution in [-0.4, -0.2) is 4.98 Å². The fourth-order valence-corrected chi connectivity index (χ4v) is 2.08. The van der Waals surface area contributed by atoms with Crippen LogP contribution in [0.15, 0.2) is 34.7 Å². The van der Waals surface area contributed by atoms with Gasteiger partial charge in [-0.1, -0.05) is 44.4 Å². The fourth-order valence-electron chi connectivity index (χ4n) is 2.08. The molecule has 18 heavy (non-hydrogen) atoms. The molecule has 0 amide bonds. The number of hydrogen-bond donors (Lipinski definition) is 0. The summed E-state index contributed by atoms with van der Waals surface area (Å²) in [5, 5.41) is 0. The Hall–Kier alpha value is -1.57. The standard InChI is InChI=1S/C16H21NO/c1-3-4-5-9-12-15-13(2)18-16(17-15)14-10-7-6-8-11-14/h6-8,10-11H,3-5,9,12H2,1-2H3. The van der Waals surface area contributed by atoms with E-state index in [-0.39, 0.29) is 0 Å². The second-order valence-electron chi connectivity index (χ2n) is 4.70. The molecule has 0 unspecified atom stereocenters. The smallest absolute Gasteiger partial charge is 0.226 e. The first-order chi connectivity index (χ1) is 8.81. The topological polar surface area (TPSA) is 26.0 Å². The molecular weight excluding hydrogens is 222 g/mol. The SMILES string of the molecule is CCCCCCc1nc(-c2ccccc2)oc1C. The molecule has 0 aliphatic heterocycles. The summed E-state index contributed by atoms with van der Waals surface area (Å²) >= 11 is 0. The molecule has 1 aromatic carbocycles. The lowest BCUT2D eigenvalue weighted by molar-refractivity contribution is 0.537. The molecule has 2 nitrogen and oxygen atoms in total. The Kier molecular flexibility index (Phi) is 4.57. The molecule has 0 radical (unpaired) electrons. The van der Waals surface area contributed by atoms with E-state index in [0.29, 0.717) is 0 Å². The molecule has 0 aliphatic carbocycles. The molecule has 96 valence electrons. The third kappa shape index (κ3) is 3.22. The summed E-state index contributed by atoms with van der Waals surface area (Å²) < 4.78 is 5.75. The molecule has 2 heteroatoms. The first-order valence-corrected chi connectivity index (χ1v) is 6.83. The Balaban J connectivity index is 2.03. The zero-order valence-corrected chi connectivity index (χ0v) is 11.3. The number of hydrogen-bond acceptors (Lipinski definition) is 2. The van der Waals surface area contributed by atoms with Crippen LogP contribution in [-0.2, 0) is 6.42 Å². The number of oxazole rings is 1.